The van der Waals surface area contributed by atoms with Crippen molar-refractivity contribution in [3.8, 4) is 22.4 Å². The van der Waals surface area contributed by atoms with Crippen LogP contribution in [-0.2, 0) is 24.9 Å². The minimum absolute atomic E-state index is 0. The molecule has 6 heterocycles. The lowest BCUT2D eigenvalue weighted by Gasteiger charge is -2.32. The molecule has 1 N–H and O–H groups in total. The highest BCUT2D eigenvalue weighted by molar-refractivity contribution is 5.85. The fourth-order valence-electron chi connectivity index (χ4n) is 4.15. The van der Waals surface area contributed by atoms with E-state index in [4.69, 9.17) is 14.8 Å². The predicted molar refractivity (Wildman–Crippen MR) is 135 cm³/mol. The lowest BCUT2D eigenvalue weighted by molar-refractivity contribution is 0.0273. The third-order valence-electron chi connectivity index (χ3n) is 5.96. The number of halogens is 1. The molecule has 6 rings (SSSR count). The molecule has 1 aliphatic heterocycles. The SMILES string of the molecule is Cl.Cn1cc(-c2cnc3nnn(CC4CN(c5ncc(-c6cnn(CCO)c6)cn5)CCO4)c3n2)cn1. The zero-order valence-corrected chi connectivity index (χ0v) is 20.8. The van der Waals surface area contributed by atoms with E-state index in [1.54, 1.807) is 45.0 Å². The van der Waals surface area contributed by atoms with Gasteiger partial charge in [-0.1, -0.05) is 5.21 Å². The van der Waals surface area contributed by atoms with E-state index in [9.17, 15) is 0 Å². The number of rotatable bonds is 7. The number of fused-ring (bicyclic) bond motifs is 1. The average Bonchev–Trinajstić information content (AvgIpc) is 3.65. The van der Waals surface area contributed by atoms with Gasteiger partial charge in [0.1, 0.15) is 0 Å². The first-order valence-corrected chi connectivity index (χ1v) is 11.5. The summed E-state index contributed by atoms with van der Waals surface area (Å²) in [6, 6.07) is 0. The molecule has 1 fully saturated rings. The first kappa shape index (κ1) is 24.7. The normalized spacial score (nSPS) is 15.7. The van der Waals surface area contributed by atoms with Crippen molar-refractivity contribution < 1.29 is 9.84 Å². The van der Waals surface area contributed by atoms with E-state index < -0.39 is 0 Å². The van der Waals surface area contributed by atoms with Gasteiger partial charge in [0.25, 0.3) is 0 Å². The van der Waals surface area contributed by atoms with Crippen molar-refractivity contribution in [1.82, 2.24) is 54.5 Å². The maximum absolute atomic E-state index is 9.07. The van der Waals surface area contributed by atoms with Gasteiger partial charge >= 0.3 is 0 Å². The van der Waals surface area contributed by atoms with E-state index in [2.05, 4.69) is 40.4 Å². The smallest absolute Gasteiger partial charge is 0.225 e. The Morgan fingerprint density at radius 2 is 1.84 bits per heavy atom. The first-order chi connectivity index (χ1) is 17.7. The average molecular weight is 525 g/mol. The van der Waals surface area contributed by atoms with Crippen molar-refractivity contribution >= 4 is 29.6 Å². The van der Waals surface area contributed by atoms with Gasteiger partial charge in [-0.05, 0) is 0 Å². The molecular weight excluding hydrogens is 500 g/mol. The zero-order chi connectivity index (χ0) is 24.5. The molecule has 0 aromatic carbocycles. The van der Waals surface area contributed by atoms with Gasteiger partial charge < -0.3 is 14.7 Å². The summed E-state index contributed by atoms with van der Waals surface area (Å²) in [4.78, 5) is 20.4. The molecule has 0 aliphatic carbocycles. The Balaban J connectivity index is 0.00000280. The van der Waals surface area contributed by atoms with Crippen LogP contribution in [0.25, 0.3) is 33.7 Å². The first-order valence-electron chi connectivity index (χ1n) is 11.5. The molecule has 0 spiro atoms. The highest BCUT2D eigenvalue weighted by Gasteiger charge is 2.24. The molecule has 1 aliphatic rings. The molecule has 1 atom stereocenters. The monoisotopic (exact) mass is 524 g/mol. The van der Waals surface area contributed by atoms with E-state index in [-0.39, 0.29) is 25.1 Å². The quantitative estimate of drug-likeness (QED) is 0.318. The van der Waals surface area contributed by atoms with Gasteiger partial charge in [0, 0.05) is 61.6 Å². The molecule has 0 radical (unpaired) electrons. The topological polar surface area (TPSA) is 151 Å². The largest absolute Gasteiger partial charge is 0.394 e. The molecule has 5 aromatic rings. The minimum atomic E-state index is -0.146. The van der Waals surface area contributed by atoms with Crippen molar-refractivity contribution in [3.05, 3.63) is 43.4 Å². The molecule has 1 saturated heterocycles. The third kappa shape index (κ3) is 5.12. The molecule has 1 unspecified atom stereocenters. The van der Waals surface area contributed by atoms with Crippen molar-refractivity contribution in [2.75, 3.05) is 31.2 Å². The van der Waals surface area contributed by atoms with Gasteiger partial charge in [0.2, 0.25) is 11.6 Å². The van der Waals surface area contributed by atoms with Crippen LogP contribution in [0.1, 0.15) is 0 Å². The lowest BCUT2D eigenvalue weighted by Crippen LogP contribution is -2.45. The maximum atomic E-state index is 9.07. The molecule has 192 valence electrons. The van der Waals surface area contributed by atoms with Crippen LogP contribution in [0.15, 0.2) is 43.4 Å². The molecule has 15 heteroatoms. The van der Waals surface area contributed by atoms with Crippen LogP contribution in [0.5, 0.6) is 0 Å². The van der Waals surface area contributed by atoms with Crippen molar-refractivity contribution in [3.63, 3.8) is 0 Å². The number of morpholine rings is 1. The molecule has 0 saturated carbocycles. The molecule has 37 heavy (non-hydrogen) atoms. The maximum Gasteiger partial charge on any atom is 0.225 e. The van der Waals surface area contributed by atoms with Gasteiger partial charge in [-0.25, -0.2) is 24.6 Å². The van der Waals surface area contributed by atoms with Gasteiger partial charge in [-0.3, -0.25) is 9.36 Å². The van der Waals surface area contributed by atoms with E-state index in [0.717, 1.165) is 16.7 Å². The van der Waals surface area contributed by atoms with Crippen LogP contribution in [0.4, 0.5) is 5.95 Å². The molecule has 0 bridgehead atoms. The number of aromatic nitrogens is 11. The van der Waals surface area contributed by atoms with Crippen LogP contribution in [-0.4, -0.2) is 92.0 Å². The number of ether oxygens (including phenoxy) is 1. The summed E-state index contributed by atoms with van der Waals surface area (Å²) in [7, 11) is 1.86. The summed E-state index contributed by atoms with van der Waals surface area (Å²) in [6.07, 6.45) is 12.3. The Morgan fingerprint density at radius 3 is 2.62 bits per heavy atom. The Kier molecular flexibility index (Phi) is 7.03. The minimum Gasteiger partial charge on any atom is -0.394 e. The third-order valence-corrected chi connectivity index (χ3v) is 5.96. The number of aryl methyl sites for hydroxylation is 1. The summed E-state index contributed by atoms with van der Waals surface area (Å²) >= 11 is 0. The summed E-state index contributed by atoms with van der Waals surface area (Å²) < 4.78 is 11.1. The van der Waals surface area contributed by atoms with Gasteiger partial charge in [-0.15, -0.1) is 17.5 Å². The summed E-state index contributed by atoms with van der Waals surface area (Å²) in [5.74, 6) is 0.636. The van der Waals surface area contributed by atoms with E-state index >= 15 is 0 Å². The van der Waals surface area contributed by atoms with Crippen LogP contribution in [0.3, 0.4) is 0 Å². The molecule has 0 amide bonds. The standard InChI is InChI=1S/C22H24N12O2.ClH/c1-31-11-17(9-26-31)19-10-23-20-21(28-19)34(30-29-20)14-18-13-32(3-5-36-18)22-24-6-15(7-25-22)16-8-27-33(12-16)2-4-35;/h6-12,18,35H,2-5,13-14H2,1H3;1H. The van der Waals surface area contributed by atoms with Crippen LogP contribution >= 0.6 is 12.4 Å². The number of aliphatic hydroxyl groups is 1. The zero-order valence-electron chi connectivity index (χ0n) is 20.0. The Morgan fingerprint density at radius 1 is 1.00 bits per heavy atom. The van der Waals surface area contributed by atoms with Crippen LogP contribution in [0, 0.1) is 0 Å². The Labute approximate surface area is 217 Å². The van der Waals surface area contributed by atoms with E-state index in [1.807, 2.05) is 19.4 Å². The fraction of sp³-hybridized carbons (Fsp3) is 0.364. The van der Waals surface area contributed by atoms with Crippen LogP contribution < -0.4 is 4.90 Å². The fourth-order valence-corrected chi connectivity index (χ4v) is 4.15. The second kappa shape index (κ2) is 10.5. The summed E-state index contributed by atoms with van der Waals surface area (Å²) in [5, 5.41) is 25.9. The highest BCUT2D eigenvalue weighted by Crippen LogP contribution is 2.21. The number of hydrogen-bond donors (Lipinski definition) is 1. The van der Waals surface area contributed by atoms with Crippen molar-refractivity contribution in [2.24, 2.45) is 7.05 Å². The van der Waals surface area contributed by atoms with E-state index in [1.165, 1.54) is 0 Å². The summed E-state index contributed by atoms with van der Waals surface area (Å²) in [5.41, 5.74) is 4.43. The highest BCUT2D eigenvalue weighted by atomic mass is 35.5. The Bertz CT molecular complexity index is 1480. The number of hydrogen-bond acceptors (Lipinski definition) is 11. The second-order valence-electron chi connectivity index (χ2n) is 8.50. The number of anilines is 1. The lowest BCUT2D eigenvalue weighted by atomic mass is 10.2. The number of aliphatic hydroxyl groups excluding tert-OH is 1. The van der Waals surface area contributed by atoms with Crippen LogP contribution in [0.2, 0.25) is 0 Å². The van der Waals surface area contributed by atoms with Gasteiger partial charge in [-0.2, -0.15) is 10.2 Å². The molecule has 5 aromatic heterocycles. The number of nitrogens with zero attached hydrogens (tertiary/aromatic N) is 12. The predicted octanol–water partition coefficient (Wildman–Crippen LogP) is 0.595. The van der Waals surface area contributed by atoms with E-state index in [0.29, 0.717) is 55.7 Å². The summed E-state index contributed by atoms with van der Waals surface area (Å²) in [6.45, 7) is 2.80. The Hall–Kier alpha value is -4.01. The second-order valence-corrected chi connectivity index (χ2v) is 8.50. The van der Waals surface area contributed by atoms with Gasteiger partial charge in [0.15, 0.2) is 5.65 Å². The molecule has 14 nitrogen and oxygen atoms in total. The molecular formula is C22H25ClN12O2. The van der Waals surface area contributed by atoms with Crippen molar-refractivity contribution in [1.29, 1.82) is 0 Å². The van der Waals surface area contributed by atoms with Crippen molar-refractivity contribution in [2.45, 2.75) is 19.2 Å². The van der Waals surface area contributed by atoms with Gasteiger partial charge in [0.05, 0.1) is 56.7 Å².